The van der Waals surface area contributed by atoms with Gasteiger partial charge >= 0.3 is 0 Å². The van der Waals surface area contributed by atoms with E-state index in [2.05, 4.69) is 6.92 Å². The van der Waals surface area contributed by atoms with E-state index in [9.17, 15) is 9.59 Å². The molecule has 2 heteroatoms. The zero-order valence-corrected chi connectivity index (χ0v) is 9.19. The van der Waals surface area contributed by atoms with Gasteiger partial charge in [0.15, 0.2) is 5.78 Å². The van der Waals surface area contributed by atoms with Crippen molar-refractivity contribution in [2.45, 2.75) is 32.6 Å². The monoisotopic (exact) mass is 206 g/mol. The highest BCUT2D eigenvalue weighted by Crippen LogP contribution is 2.00. The van der Waals surface area contributed by atoms with Gasteiger partial charge in [0.2, 0.25) is 0 Å². The lowest BCUT2D eigenvalue weighted by molar-refractivity contribution is -0.114. The molecule has 0 bridgehead atoms. The van der Waals surface area contributed by atoms with Crippen molar-refractivity contribution in [1.29, 1.82) is 0 Å². The first-order valence-corrected chi connectivity index (χ1v) is 5.29. The molecular weight excluding hydrogens is 188 g/mol. The molecule has 0 unspecified atom stereocenters. The molecule has 0 heterocycles. The van der Waals surface area contributed by atoms with Crippen LogP contribution >= 0.6 is 0 Å². The second-order valence-corrected chi connectivity index (χ2v) is 3.19. The largest absolute Gasteiger partial charge is 0.299 e. The Balaban J connectivity index is 3.66. The summed E-state index contributed by atoms with van der Waals surface area (Å²) in [6.07, 6.45) is 14.3. The fourth-order valence-corrected chi connectivity index (χ4v) is 1.03. The molecule has 0 aliphatic rings. The molecule has 0 radical (unpaired) electrons. The predicted molar refractivity (Wildman–Crippen MR) is 62.6 cm³/mol. The number of carbonyl (C=O) groups excluding carboxylic acids is 2. The van der Waals surface area contributed by atoms with Crippen LogP contribution in [0.15, 0.2) is 36.5 Å². The highest BCUT2D eigenvalue weighted by molar-refractivity contribution is 5.89. The van der Waals surface area contributed by atoms with Crippen molar-refractivity contribution in [2.75, 3.05) is 0 Å². The summed E-state index contributed by atoms with van der Waals surface area (Å²) in [6.45, 7) is 2.11. The Kier molecular flexibility index (Phi) is 9.62. The maximum atomic E-state index is 11.2. The Hall–Kier alpha value is -1.44. The number of aldehydes is 1. The van der Waals surface area contributed by atoms with Gasteiger partial charge < -0.3 is 0 Å². The molecule has 15 heavy (non-hydrogen) atoms. The van der Waals surface area contributed by atoms with E-state index in [-0.39, 0.29) is 5.78 Å². The van der Waals surface area contributed by atoms with Crippen molar-refractivity contribution >= 4 is 12.1 Å². The first kappa shape index (κ1) is 13.6. The van der Waals surface area contributed by atoms with E-state index in [4.69, 9.17) is 0 Å². The van der Waals surface area contributed by atoms with E-state index in [1.165, 1.54) is 6.08 Å². The number of hydrogen-bond donors (Lipinski definition) is 0. The molecule has 0 aromatic heterocycles. The summed E-state index contributed by atoms with van der Waals surface area (Å²) >= 11 is 0. The third-order valence-corrected chi connectivity index (χ3v) is 1.83. The van der Waals surface area contributed by atoms with E-state index < -0.39 is 0 Å². The summed E-state index contributed by atoms with van der Waals surface area (Å²) in [5, 5.41) is 0. The summed E-state index contributed by atoms with van der Waals surface area (Å²) in [5.41, 5.74) is 0. The summed E-state index contributed by atoms with van der Waals surface area (Å²) in [7, 11) is 0. The minimum atomic E-state index is 0.160. The van der Waals surface area contributed by atoms with E-state index >= 15 is 0 Å². The van der Waals surface area contributed by atoms with Crippen molar-refractivity contribution in [3.05, 3.63) is 36.5 Å². The molecule has 82 valence electrons. The average Bonchev–Trinajstić information content (AvgIpc) is 2.23. The van der Waals surface area contributed by atoms with Crippen LogP contribution in [0.2, 0.25) is 0 Å². The van der Waals surface area contributed by atoms with E-state index in [1.54, 1.807) is 30.4 Å². The Morgan fingerprint density at radius 2 is 1.67 bits per heavy atom. The minimum absolute atomic E-state index is 0.160. The van der Waals surface area contributed by atoms with E-state index in [1.807, 2.05) is 0 Å². The average molecular weight is 206 g/mol. The number of ketones is 1. The molecule has 0 saturated carbocycles. The molecule has 0 aliphatic heterocycles. The van der Waals surface area contributed by atoms with Gasteiger partial charge in [0.25, 0.3) is 0 Å². The molecule has 0 aliphatic carbocycles. The van der Waals surface area contributed by atoms with Gasteiger partial charge in [-0.25, -0.2) is 0 Å². The molecule has 0 saturated heterocycles. The fourth-order valence-electron chi connectivity index (χ4n) is 1.03. The lowest BCUT2D eigenvalue weighted by Crippen LogP contribution is -1.91. The van der Waals surface area contributed by atoms with Crippen molar-refractivity contribution in [1.82, 2.24) is 0 Å². The molecule has 0 rings (SSSR count). The van der Waals surface area contributed by atoms with Gasteiger partial charge in [-0.3, -0.25) is 9.59 Å². The van der Waals surface area contributed by atoms with Crippen LogP contribution in [0.4, 0.5) is 0 Å². The molecular formula is C13H18O2. The van der Waals surface area contributed by atoms with Crippen LogP contribution in [0.1, 0.15) is 32.6 Å². The topological polar surface area (TPSA) is 34.1 Å². The summed E-state index contributed by atoms with van der Waals surface area (Å²) in [4.78, 5) is 21.1. The minimum Gasteiger partial charge on any atom is -0.299 e. The van der Waals surface area contributed by atoms with Crippen LogP contribution in [0.25, 0.3) is 0 Å². The molecule has 0 fully saturated rings. The van der Waals surface area contributed by atoms with Crippen molar-refractivity contribution < 1.29 is 9.59 Å². The van der Waals surface area contributed by atoms with Gasteiger partial charge in [0.05, 0.1) is 0 Å². The second kappa shape index (κ2) is 10.6. The normalized spacial score (nSPS) is 11.8. The van der Waals surface area contributed by atoms with E-state index in [0.717, 1.165) is 19.3 Å². The highest BCUT2D eigenvalue weighted by Gasteiger charge is 1.93. The number of unbranched alkanes of at least 4 members (excludes halogenated alkanes) is 2. The molecule has 0 aromatic carbocycles. The zero-order chi connectivity index (χ0) is 11.4. The lowest BCUT2D eigenvalue weighted by Gasteiger charge is -1.92. The van der Waals surface area contributed by atoms with E-state index in [0.29, 0.717) is 12.7 Å². The van der Waals surface area contributed by atoms with Gasteiger partial charge in [-0.2, -0.15) is 0 Å². The second-order valence-electron chi connectivity index (χ2n) is 3.19. The third kappa shape index (κ3) is 10.5. The first-order chi connectivity index (χ1) is 7.31. The lowest BCUT2D eigenvalue weighted by atomic mass is 10.1. The smallest absolute Gasteiger partial charge is 0.155 e. The van der Waals surface area contributed by atoms with Crippen molar-refractivity contribution in [3.8, 4) is 0 Å². The molecule has 0 aromatic rings. The van der Waals surface area contributed by atoms with Crippen LogP contribution < -0.4 is 0 Å². The fraction of sp³-hybridized carbons (Fsp3) is 0.385. The van der Waals surface area contributed by atoms with Crippen LogP contribution in [0, 0.1) is 0 Å². The number of allylic oxidation sites excluding steroid dienone is 6. The molecule has 0 spiro atoms. The molecule has 0 N–H and O–H groups in total. The van der Waals surface area contributed by atoms with Gasteiger partial charge in [0.1, 0.15) is 6.29 Å². The Morgan fingerprint density at radius 1 is 1.00 bits per heavy atom. The summed E-state index contributed by atoms with van der Waals surface area (Å²) in [5.74, 6) is 0.160. The van der Waals surface area contributed by atoms with Gasteiger partial charge in [0, 0.05) is 6.42 Å². The van der Waals surface area contributed by atoms with Crippen LogP contribution in [0.3, 0.4) is 0 Å². The van der Waals surface area contributed by atoms with Gasteiger partial charge in [-0.15, -0.1) is 0 Å². The van der Waals surface area contributed by atoms with Gasteiger partial charge in [-0.1, -0.05) is 44.1 Å². The Labute approximate surface area is 91.4 Å². The number of carbonyl (C=O) groups is 2. The summed E-state index contributed by atoms with van der Waals surface area (Å²) < 4.78 is 0. The maximum Gasteiger partial charge on any atom is 0.155 e. The van der Waals surface area contributed by atoms with Crippen LogP contribution in [-0.4, -0.2) is 12.1 Å². The highest BCUT2D eigenvalue weighted by atomic mass is 16.1. The SMILES string of the molecule is CCCCCC(=O)/C=C/C=C/C=C/C=O. The maximum absolute atomic E-state index is 11.2. The zero-order valence-electron chi connectivity index (χ0n) is 9.19. The van der Waals surface area contributed by atoms with Crippen LogP contribution in [-0.2, 0) is 9.59 Å². The number of hydrogen-bond acceptors (Lipinski definition) is 2. The molecule has 0 amide bonds. The standard InChI is InChI=1S/C13H18O2/c1-2-3-7-10-13(15)11-8-5-4-6-9-12-14/h4-6,8-9,11-12H,2-3,7,10H2,1H3/b5-4+,9-6+,11-8+. The van der Waals surface area contributed by atoms with Crippen molar-refractivity contribution in [3.63, 3.8) is 0 Å². The summed E-state index contributed by atoms with van der Waals surface area (Å²) in [6, 6.07) is 0. The number of rotatable bonds is 8. The first-order valence-electron chi connectivity index (χ1n) is 5.29. The van der Waals surface area contributed by atoms with Gasteiger partial charge in [-0.05, 0) is 18.6 Å². The van der Waals surface area contributed by atoms with Crippen LogP contribution in [0.5, 0.6) is 0 Å². The molecule has 2 nitrogen and oxygen atoms in total. The van der Waals surface area contributed by atoms with Crippen molar-refractivity contribution in [2.24, 2.45) is 0 Å². The quantitative estimate of drug-likeness (QED) is 0.265. The Bertz CT molecular complexity index is 260. The molecule has 0 atom stereocenters. The predicted octanol–water partition coefficient (Wildman–Crippen LogP) is 3.00. The third-order valence-electron chi connectivity index (χ3n) is 1.83. The Morgan fingerprint density at radius 3 is 2.33 bits per heavy atom.